The Balaban J connectivity index is 2.08. The number of halogens is 3. The number of nitrogens with one attached hydrogen (secondary N) is 1. The molecule has 0 amide bonds. The van der Waals surface area contributed by atoms with Gasteiger partial charge in [-0.25, -0.2) is 4.68 Å². The lowest BCUT2D eigenvalue weighted by Gasteiger charge is -2.21. The number of aromatic nitrogens is 3. The van der Waals surface area contributed by atoms with Crippen LogP contribution in [-0.2, 0) is 32.1 Å². The lowest BCUT2D eigenvalue weighted by molar-refractivity contribution is -0.143. The Morgan fingerprint density at radius 1 is 1.39 bits per heavy atom. The van der Waals surface area contributed by atoms with Crippen LogP contribution in [0.4, 0.5) is 13.2 Å². The van der Waals surface area contributed by atoms with Gasteiger partial charge in [-0.2, -0.15) is 18.3 Å². The Bertz CT molecular complexity index is 779. The highest BCUT2D eigenvalue weighted by atomic mass is 19.4. The topological polar surface area (TPSA) is 73.0 Å². The minimum Gasteiger partial charge on any atom is -0.359 e. The smallest absolute Gasteiger partial charge is 0.359 e. The van der Waals surface area contributed by atoms with Gasteiger partial charge in [0, 0.05) is 23.7 Å². The first-order chi connectivity index (χ1) is 10.9. The molecule has 124 valence electrons. The predicted molar refractivity (Wildman–Crippen MR) is 73.9 cm³/mol. The summed E-state index contributed by atoms with van der Waals surface area (Å²) in [4.78, 5) is 12.4. The van der Waals surface area contributed by atoms with Crippen molar-refractivity contribution in [3.05, 3.63) is 44.7 Å². The molecule has 0 bridgehead atoms. The Hall–Kier alpha value is -2.16. The first-order valence-corrected chi connectivity index (χ1v) is 7.25. The largest absolute Gasteiger partial charge is 0.435 e. The molecule has 2 aromatic rings. The molecule has 0 spiro atoms. The first kappa shape index (κ1) is 15.7. The van der Waals surface area contributed by atoms with Crippen LogP contribution in [0.15, 0.2) is 15.4 Å². The van der Waals surface area contributed by atoms with Crippen LogP contribution in [0.1, 0.15) is 35.2 Å². The van der Waals surface area contributed by atoms with Gasteiger partial charge in [0.1, 0.15) is 6.54 Å². The molecule has 6 nitrogen and oxygen atoms in total. The molecule has 1 aliphatic heterocycles. The van der Waals surface area contributed by atoms with Crippen LogP contribution >= 0.6 is 0 Å². The zero-order valence-corrected chi connectivity index (χ0v) is 12.4. The fourth-order valence-corrected chi connectivity index (χ4v) is 2.61. The van der Waals surface area contributed by atoms with E-state index in [4.69, 9.17) is 4.52 Å². The maximum absolute atomic E-state index is 13.2. The van der Waals surface area contributed by atoms with Crippen LogP contribution in [0.3, 0.4) is 0 Å². The fraction of sp³-hybridized carbons (Fsp3) is 0.500. The second kappa shape index (κ2) is 5.80. The molecule has 9 heteroatoms. The van der Waals surface area contributed by atoms with E-state index in [9.17, 15) is 18.0 Å². The van der Waals surface area contributed by atoms with Gasteiger partial charge >= 0.3 is 6.18 Å². The van der Waals surface area contributed by atoms with Gasteiger partial charge in [-0.1, -0.05) is 12.1 Å². The van der Waals surface area contributed by atoms with E-state index < -0.39 is 17.4 Å². The van der Waals surface area contributed by atoms with E-state index in [1.807, 2.05) is 6.92 Å². The molecule has 0 aliphatic carbocycles. The molecule has 0 atom stereocenters. The van der Waals surface area contributed by atoms with E-state index in [-0.39, 0.29) is 30.6 Å². The molecule has 0 saturated heterocycles. The molecule has 0 radical (unpaired) electrons. The van der Waals surface area contributed by atoms with Crippen LogP contribution in [0, 0.1) is 0 Å². The van der Waals surface area contributed by atoms with E-state index in [2.05, 4.69) is 15.6 Å². The van der Waals surface area contributed by atoms with Gasteiger partial charge in [-0.05, 0) is 19.4 Å². The molecule has 0 unspecified atom stereocenters. The normalized spacial score (nSPS) is 14.8. The molecule has 0 saturated carbocycles. The molecule has 3 rings (SSSR count). The van der Waals surface area contributed by atoms with E-state index >= 15 is 0 Å². The number of fused-ring (bicyclic) bond motifs is 1. The van der Waals surface area contributed by atoms with E-state index in [1.165, 1.54) is 0 Å². The monoisotopic (exact) mass is 328 g/mol. The van der Waals surface area contributed by atoms with Crippen molar-refractivity contribution in [3.63, 3.8) is 0 Å². The zero-order valence-electron chi connectivity index (χ0n) is 12.4. The van der Waals surface area contributed by atoms with Crippen LogP contribution < -0.4 is 10.9 Å². The standard InChI is InChI=1S/C14H15F3N4O2/c1-2-8-5-9(23-20-8)7-21-13(22)10-3-4-18-6-11(10)12(19-21)14(15,16)17/h5,18H,2-4,6-7H2,1H3. The molecule has 0 aromatic carbocycles. The third-order valence-corrected chi connectivity index (χ3v) is 3.76. The van der Waals surface area contributed by atoms with Crippen molar-refractivity contribution in [3.8, 4) is 0 Å². The summed E-state index contributed by atoms with van der Waals surface area (Å²) in [5.41, 5.74) is -0.747. The minimum absolute atomic E-state index is 0.00442. The van der Waals surface area contributed by atoms with Gasteiger partial charge in [0.15, 0.2) is 11.5 Å². The molecule has 3 heterocycles. The van der Waals surface area contributed by atoms with Gasteiger partial charge in [0.25, 0.3) is 5.56 Å². The lowest BCUT2D eigenvalue weighted by atomic mass is 10.0. The van der Waals surface area contributed by atoms with Gasteiger partial charge < -0.3 is 9.84 Å². The van der Waals surface area contributed by atoms with Gasteiger partial charge in [-0.15, -0.1) is 0 Å². The summed E-state index contributed by atoms with van der Waals surface area (Å²) in [6.45, 7) is 2.16. The van der Waals surface area contributed by atoms with Crippen molar-refractivity contribution in [2.45, 2.75) is 39.0 Å². The molecule has 23 heavy (non-hydrogen) atoms. The molecular formula is C14H15F3N4O2. The van der Waals surface area contributed by atoms with E-state index in [0.717, 1.165) is 4.68 Å². The number of nitrogens with zero attached hydrogens (tertiary/aromatic N) is 3. The summed E-state index contributed by atoms with van der Waals surface area (Å²) in [6, 6.07) is 1.61. The van der Waals surface area contributed by atoms with Crippen molar-refractivity contribution in [1.29, 1.82) is 0 Å². The maximum Gasteiger partial charge on any atom is 0.435 e. The predicted octanol–water partition coefficient (Wildman–Crippen LogP) is 1.51. The Morgan fingerprint density at radius 3 is 2.83 bits per heavy atom. The van der Waals surface area contributed by atoms with Crippen LogP contribution in [0.2, 0.25) is 0 Å². The Morgan fingerprint density at radius 2 is 2.17 bits per heavy atom. The maximum atomic E-state index is 13.2. The summed E-state index contributed by atoms with van der Waals surface area (Å²) in [5, 5.41) is 10.2. The van der Waals surface area contributed by atoms with E-state index in [0.29, 0.717) is 24.4 Å². The first-order valence-electron chi connectivity index (χ1n) is 7.25. The summed E-state index contributed by atoms with van der Waals surface area (Å²) in [6.07, 6.45) is -3.74. The lowest BCUT2D eigenvalue weighted by Crippen LogP contribution is -2.38. The molecule has 2 aromatic heterocycles. The molecule has 1 aliphatic rings. The third kappa shape index (κ3) is 3.00. The average molecular weight is 328 g/mol. The van der Waals surface area contributed by atoms with Crippen molar-refractivity contribution in [1.82, 2.24) is 20.3 Å². The number of rotatable bonds is 3. The number of aryl methyl sites for hydroxylation is 1. The van der Waals surface area contributed by atoms with Gasteiger partial charge in [0.2, 0.25) is 0 Å². The average Bonchev–Trinajstić information content (AvgIpc) is 2.97. The highest BCUT2D eigenvalue weighted by Crippen LogP contribution is 2.31. The Labute approximate surface area is 129 Å². The summed E-state index contributed by atoms with van der Waals surface area (Å²) in [5.74, 6) is 0.304. The third-order valence-electron chi connectivity index (χ3n) is 3.76. The highest BCUT2D eigenvalue weighted by Gasteiger charge is 2.38. The van der Waals surface area contributed by atoms with Crippen LogP contribution in [0.25, 0.3) is 0 Å². The van der Waals surface area contributed by atoms with Gasteiger partial charge in [-0.3, -0.25) is 4.79 Å². The second-order valence-corrected chi connectivity index (χ2v) is 5.33. The van der Waals surface area contributed by atoms with Crippen molar-refractivity contribution in [2.24, 2.45) is 0 Å². The van der Waals surface area contributed by atoms with Gasteiger partial charge in [0.05, 0.1) is 5.69 Å². The highest BCUT2D eigenvalue weighted by molar-refractivity contribution is 5.32. The van der Waals surface area contributed by atoms with Crippen molar-refractivity contribution < 1.29 is 17.7 Å². The Kier molecular flexibility index (Phi) is 3.97. The summed E-state index contributed by atoms with van der Waals surface area (Å²) >= 11 is 0. The summed E-state index contributed by atoms with van der Waals surface area (Å²) in [7, 11) is 0. The van der Waals surface area contributed by atoms with Crippen molar-refractivity contribution >= 4 is 0 Å². The van der Waals surface area contributed by atoms with Crippen LogP contribution in [0.5, 0.6) is 0 Å². The summed E-state index contributed by atoms with van der Waals surface area (Å²) < 4.78 is 45.6. The molecular weight excluding hydrogens is 313 g/mol. The number of hydrogen-bond donors (Lipinski definition) is 1. The minimum atomic E-state index is -4.62. The van der Waals surface area contributed by atoms with Crippen molar-refractivity contribution in [2.75, 3.05) is 6.54 Å². The molecule has 1 N–H and O–H groups in total. The zero-order chi connectivity index (χ0) is 16.6. The molecule has 0 fully saturated rings. The van der Waals surface area contributed by atoms with E-state index in [1.54, 1.807) is 6.07 Å². The SMILES string of the molecule is CCc1cc(Cn2nc(C(F)(F)F)c3c(c2=O)CCNC3)on1. The fourth-order valence-electron chi connectivity index (χ4n) is 2.61. The quantitative estimate of drug-likeness (QED) is 0.924. The van der Waals surface area contributed by atoms with Crippen LogP contribution in [-0.4, -0.2) is 21.5 Å². The number of alkyl halides is 3. The second-order valence-electron chi connectivity index (χ2n) is 5.33. The number of hydrogen-bond acceptors (Lipinski definition) is 5.